The van der Waals surface area contributed by atoms with Gasteiger partial charge in [-0.25, -0.2) is 4.39 Å². The zero-order chi connectivity index (χ0) is 16.1. The molecular formula is C19H23FN2O. The van der Waals surface area contributed by atoms with Crippen molar-refractivity contribution in [1.29, 1.82) is 0 Å². The van der Waals surface area contributed by atoms with Gasteiger partial charge in [0.2, 0.25) is 0 Å². The third kappa shape index (κ3) is 3.71. The molecule has 1 atom stereocenters. The zero-order valence-corrected chi connectivity index (χ0v) is 13.5. The van der Waals surface area contributed by atoms with E-state index in [1.807, 2.05) is 30.3 Å². The van der Waals surface area contributed by atoms with Crippen molar-refractivity contribution in [1.82, 2.24) is 10.2 Å². The van der Waals surface area contributed by atoms with Gasteiger partial charge in [0.15, 0.2) is 0 Å². The molecule has 3 nitrogen and oxygen atoms in total. The highest BCUT2D eigenvalue weighted by Crippen LogP contribution is 2.34. The van der Waals surface area contributed by atoms with E-state index in [4.69, 9.17) is 4.74 Å². The summed E-state index contributed by atoms with van der Waals surface area (Å²) in [5.74, 6) is 0.670. The Kier molecular flexibility index (Phi) is 5.26. The van der Waals surface area contributed by atoms with Crippen molar-refractivity contribution < 1.29 is 9.13 Å². The Morgan fingerprint density at radius 2 is 1.83 bits per heavy atom. The predicted octanol–water partition coefficient (Wildman–Crippen LogP) is 3.22. The molecule has 1 N–H and O–H groups in total. The first-order valence-electron chi connectivity index (χ1n) is 8.13. The first kappa shape index (κ1) is 16.0. The molecule has 0 bridgehead atoms. The fourth-order valence-electron chi connectivity index (χ4n) is 3.25. The Labute approximate surface area is 137 Å². The van der Waals surface area contributed by atoms with Crippen LogP contribution in [0.3, 0.4) is 0 Å². The van der Waals surface area contributed by atoms with Crippen LogP contribution in [0.5, 0.6) is 5.75 Å². The SMILES string of the molecule is COc1ccccc1C(c1ccc(F)cc1)N1CCCNCC1. The van der Waals surface area contributed by atoms with Gasteiger partial charge in [-0.15, -0.1) is 0 Å². The largest absolute Gasteiger partial charge is 0.496 e. The summed E-state index contributed by atoms with van der Waals surface area (Å²) in [6.07, 6.45) is 1.10. The Morgan fingerprint density at radius 1 is 1.04 bits per heavy atom. The molecule has 0 spiro atoms. The molecule has 0 radical (unpaired) electrons. The quantitative estimate of drug-likeness (QED) is 0.938. The van der Waals surface area contributed by atoms with Gasteiger partial charge in [-0.3, -0.25) is 4.90 Å². The summed E-state index contributed by atoms with van der Waals surface area (Å²) in [5, 5.41) is 3.44. The van der Waals surface area contributed by atoms with Crippen LogP contribution in [-0.4, -0.2) is 38.2 Å². The molecule has 0 saturated carbocycles. The highest BCUT2D eigenvalue weighted by Gasteiger charge is 2.25. The van der Waals surface area contributed by atoms with Gasteiger partial charge >= 0.3 is 0 Å². The molecular weight excluding hydrogens is 291 g/mol. The molecule has 1 unspecified atom stereocenters. The summed E-state index contributed by atoms with van der Waals surface area (Å²) in [7, 11) is 1.70. The highest BCUT2D eigenvalue weighted by atomic mass is 19.1. The number of ether oxygens (including phenoxy) is 1. The van der Waals surface area contributed by atoms with Gasteiger partial charge in [0.25, 0.3) is 0 Å². The van der Waals surface area contributed by atoms with E-state index in [0.29, 0.717) is 0 Å². The minimum atomic E-state index is -0.204. The summed E-state index contributed by atoms with van der Waals surface area (Å²) in [4.78, 5) is 2.45. The Bertz CT molecular complexity index is 622. The van der Waals surface area contributed by atoms with Gasteiger partial charge in [-0.1, -0.05) is 30.3 Å². The van der Waals surface area contributed by atoms with E-state index in [0.717, 1.165) is 49.5 Å². The second-order valence-electron chi connectivity index (χ2n) is 5.84. The van der Waals surface area contributed by atoms with Crippen LogP contribution >= 0.6 is 0 Å². The number of nitrogens with one attached hydrogen (secondary N) is 1. The Hall–Kier alpha value is -1.91. The fourth-order valence-corrected chi connectivity index (χ4v) is 3.25. The lowest BCUT2D eigenvalue weighted by Crippen LogP contribution is -2.33. The van der Waals surface area contributed by atoms with E-state index < -0.39 is 0 Å². The fraction of sp³-hybridized carbons (Fsp3) is 0.368. The first-order valence-corrected chi connectivity index (χ1v) is 8.13. The summed E-state index contributed by atoms with van der Waals surface area (Å²) in [6, 6.07) is 15.0. The second kappa shape index (κ2) is 7.57. The molecule has 1 heterocycles. The van der Waals surface area contributed by atoms with E-state index in [1.54, 1.807) is 7.11 Å². The lowest BCUT2D eigenvalue weighted by atomic mass is 9.96. The van der Waals surface area contributed by atoms with Crippen molar-refractivity contribution in [2.75, 3.05) is 33.3 Å². The van der Waals surface area contributed by atoms with Crippen LogP contribution in [0.25, 0.3) is 0 Å². The van der Waals surface area contributed by atoms with Crippen LogP contribution in [0.2, 0.25) is 0 Å². The monoisotopic (exact) mass is 314 g/mol. The van der Waals surface area contributed by atoms with Crippen LogP contribution in [0.1, 0.15) is 23.6 Å². The minimum absolute atomic E-state index is 0.0756. The molecule has 1 fully saturated rings. The maximum atomic E-state index is 13.4. The first-order chi connectivity index (χ1) is 11.3. The molecule has 1 saturated heterocycles. The number of rotatable bonds is 4. The van der Waals surface area contributed by atoms with Crippen LogP contribution in [-0.2, 0) is 0 Å². The van der Waals surface area contributed by atoms with Crippen molar-refractivity contribution in [3.05, 3.63) is 65.5 Å². The maximum Gasteiger partial charge on any atom is 0.123 e. The number of nitrogens with zero attached hydrogens (tertiary/aromatic N) is 1. The molecule has 3 rings (SSSR count). The van der Waals surface area contributed by atoms with Crippen LogP contribution < -0.4 is 10.1 Å². The number of hydrogen-bond donors (Lipinski definition) is 1. The van der Waals surface area contributed by atoms with Crippen molar-refractivity contribution >= 4 is 0 Å². The molecule has 23 heavy (non-hydrogen) atoms. The number of benzene rings is 2. The van der Waals surface area contributed by atoms with Crippen LogP contribution in [0.4, 0.5) is 4.39 Å². The van der Waals surface area contributed by atoms with Crippen LogP contribution in [0.15, 0.2) is 48.5 Å². The highest BCUT2D eigenvalue weighted by molar-refractivity contribution is 5.41. The average molecular weight is 314 g/mol. The normalized spacial score (nSPS) is 17.5. The van der Waals surface area contributed by atoms with Crippen LogP contribution in [0, 0.1) is 5.82 Å². The molecule has 1 aliphatic rings. The molecule has 0 aliphatic carbocycles. The molecule has 1 aliphatic heterocycles. The lowest BCUT2D eigenvalue weighted by molar-refractivity contribution is 0.236. The van der Waals surface area contributed by atoms with E-state index >= 15 is 0 Å². The number of para-hydroxylation sites is 1. The molecule has 0 amide bonds. The number of halogens is 1. The standard InChI is InChI=1S/C19H23FN2O/c1-23-18-6-3-2-5-17(18)19(15-7-9-16(20)10-8-15)22-13-4-11-21-12-14-22/h2-3,5-10,19,21H,4,11-14H2,1H3. The van der Waals surface area contributed by atoms with Gasteiger partial charge in [-0.2, -0.15) is 0 Å². The van der Waals surface area contributed by atoms with E-state index in [9.17, 15) is 4.39 Å². The summed E-state index contributed by atoms with van der Waals surface area (Å²) < 4.78 is 18.9. The van der Waals surface area contributed by atoms with E-state index in [-0.39, 0.29) is 11.9 Å². The minimum Gasteiger partial charge on any atom is -0.496 e. The van der Waals surface area contributed by atoms with Gasteiger partial charge in [0.05, 0.1) is 13.2 Å². The van der Waals surface area contributed by atoms with E-state index in [2.05, 4.69) is 16.3 Å². The number of hydrogen-bond acceptors (Lipinski definition) is 3. The lowest BCUT2D eigenvalue weighted by Gasteiger charge is -2.32. The Morgan fingerprint density at radius 3 is 2.61 bits per heavy atom. The van der Waals surface area contributed by atoms with Crippen molar-refractivity contribution in [3.8, 4) is 5.75 Å². The number of methoxy groups -OCH3 is 1. The van der Waals surface area contributed by atoms with Crippen molar-refractivity contribution in [2.45, 2.75) is 12.5 Å². The van der Waals surface area contributed by atoms with E-state index in [1.165, 1.54) is 12.1 Å². The summed E-state index contributed by atoms with van der Waals surface area (Å²) in [5.41, 5.74) is 2.22. The zero-order valence-electron chi connectivity index (χ0n) is 13.5. The topological polar surface area (TPSA) is 24.5 Å². The van der Waals surface area contributed by atoms with Gasteiger partial charge in [0, 0.05) is 25.2 Å². The third-order valence-electron chi connectivity index (χ3n) is 4.36. The van der Waals surface area contributed by atoms with Gasteiger partial charge in [-0.05, 0) is 36.7 Å². The average Bonchev–Trinajstić information content (AvgIpc) is 2.87. The van der Waals surface area contributed by atoms with Crippen molar-refractivity contribution in [3.63, 3.8) is 0 Å². The maximum absolute atomic E-state index is 13.4. The van der Waals surface area contributed by atoms with Gasteiger partial charge < -0.3 is 10.1 Å². The second-order valence-corrected chi connectivity index (χ2v) is 5.84. The summed E-state index contributed by atoms with van der Waals surface area (Å²) in [6.45, 7) is 3.97. The smallest absolute Gasteiger partial charge is 0.123 e. The van der Waals surface area contributed by atoms with Gasteiger partial charge in [0.1, 0.15) is 11.6 Å². The molecule has 2 aromatic rings. The van der Waals surface area contributed by atoms with Crippen molar-refractivity contribution in [2.24, 2.45) is 0 Å². The molecule has 122 valence electrons. The summed E-state index contributed by atoms with van der Waals surface area (Å²) >= 11 is 0. The predicted molar refractivity (Wildman–Crippen MR) is 90.3 cm³/mol. The third-order valence-corrected chi connectivity index (χ3v) is 4.36. The Balaban J connectivity index is 2.03. The molecule has 4 heteroatoms. The molecule has 0 aromatic heterocycles. The molecule has 2 aromatic carbocycles.